The molecule has 1 fully saturated rings. The summed E-state index contributed by atoms with van der Waals surface area (Å²) in [5.74, 6) is 0. The lowest BCUT2D eigenvalue weighted by molar-refractivity contribution is -0.0625. The molecule has 2 rings (SSSR count). The van der Waals surface area contributed by atoms with E-state index in [1.165, 1.54) is 23.9 Å². The zero-order valence-electron chi connectivity index (χ0n) is 9.33. The smallest absolute Gasteiger partial charge is 0.330 e. The third kappa shape index (κ3) is 2.31. The Morgan fingerprint density at radius 3 is 3.00 bits per heavy atom. The molecule has 0 unspecified atom stereocenters. The van der Waals surface area contributed by atoms with Crippen LogP contribution < -0.4 is 11.2 Å². The summed E-state index contributed by atoms with van der Waals surface area (Å²) in [5, 5.41) is 9.03. The molecule has 1 aliphatic rings. The van der Waals surface area contributed by atoms with E-state index in [1.807, 2.05) is 0 Å². The lowest BCUT2D eigenvalue weighted by Crippen LogP contribution is -2.35. The van der Waals surface area contributed by atoms with Crippen LogP contribution >= 0.6 is 0 Å². The van der Waals surface area contributed by atoms with Crippen molar-refractivity contribution in [1.29, 1.82) is 0 Å². The summed E-state index contributed by atoms with van der Waals surface area (Å²) in [4.78, 5) is 24.7. The number of aliphatic hydroxyl groups is 1. The second-order valence-corrected chi connectivity index (χ2v) is 3.86. The fourth-order valence-electron chi connectivity index (χ4n) is 1.92. The Balaban J connectivity index is 2.32. The molecule has 2 heterocycles. The minimum atomic E-state index is -0.624. The van der Waals surface area contributed by atoms with Gasteiger partial charge >= 0.3 is 5.69 Å². The van der Waals surface area contributed by atoms with Gasteiger partial charge in [-0.2, -0.15) is 0 Å². The second-order valence-electron chi connectivity index (χ2n) is 3.86. The maximum Gasteiger partial charge on any atom is 0.330 e. The average molecular weight is 242 g/mol. The van der Waals surface area contributed by atoms with Gasteiger partial charge in [0.05, 0.1) is 12.7 Å². The SMILES string of the molecule is CO[C@H]1C[C@@H](CO)O[C@H]1n1ccc(=O)[nH]c1=O. The Bertz CT molecular complexity index is 494. The van der Waals surface area contributed by atoms with Gasteiger partial charge in [0.1, 0.15) is 6.10 Å². The number of methoxy groups -OCH3 is 1. The summed E-state index contributed by atoms with van der Waals surface area (Å²) in [6.45, 7) is -0.130. The van der Waals surface area contributed by atoms with Crippen molar-refractivity contribution in [2.75, 3.05) is 13.7 Å². The number of rotatable bonds is 3. The van der Waals surface area contributed by atoms with Crippen LogP contribution in [-0.4, -0.2) is 40.6 Å². The van der Waals surface area contributed by atoms with Crippen molar-refractivity contribution in [3.63, 3.8) is 0 Å². The molecule has 1 saturated heterocycles. The van der Waals surface area contributed by atoms with Gasteiger partial charge in [-0.15, -0.1) is 0 Å². The molecule has 1 aliphatic heterocycles. The van der Waals surface area contributed by atoms with Gasteiger partial charge < -0.3 is 14.6 Å². The Labute approximate surface area is 96.6 Å². The minimum Gasteiger partial charge on any atom is -0.394 e. The highest BCUT2D eigenvalue weighted by Gasteiger charge is 2.36. The van der Waals surface area contributed by atoms with E-state index >= 15 is 0 Å². The monoisotopic (exact) mass is 242 g/mol. The largest absolute Gasteiger partial charge is 0.394 e. The summed E-state index contributed by atoms with van der Waals surface area (Å²) >= 11 is 0. The van der Waals surface area contributed by atoms with Crippen LogP contribution in [0.2, 0.25) is 0 Å². The Kier molecular flexibility index (Phi) is 3.41. The molecule has 2 N–H and O–H groups in total. The van der Waals surface area contributed by atoms with Crippen LogP contribution in [0.3, 0.4) is 0 Å². The van der Waals surface area contributed by atoms with E-state index in [4.69, 9.17) is 14.6 Å². The molecule has 0 saturated carbocycles. The highest BCUT2D eigenvalue weighted by Crippen LogP contribution is 2.29. The predicted octanol–water partition coefficient (Wildman–Crippen LogP) is -1.17. The standard InChI is InChI=1S/C10H14N2O5/c1-16-7-4-6(5-13)17-9(7)12-3-2-8(14)11-10(12)15/h2-3,6-7,9,13H,4-5H2,1H3,(H,11,14,15)/t6-,7-,9+/m0/s1. The zero-order valence-corrected chi connectivity index (χ0v) is 9.33. The van der Waals surface area contributed by atoms with Gasteiger partial charge in [0, 0.05) is 25.8 Å². The number of hydrogen-bond acceptors (Lipinski definition) is 5. The lowest BCUT2D eigenvalue weighted by atomic mass is 10.2. The molecular formula is C10H14N2O5. The summed E-state index contributed by atoms with van der Waals surface area (Å²) in [6, 6.07) is 1.24. The molecule has 94 valence electrons. The number of aromatic amines is 1. The molecule has 17 heavy (non-hydrogen) atoms. The third-order valence-electron chi connectivity index (χ3n) is 2.78. The van der Waals surface area contributed by atoms with Crippen molar-refractivity contribution in [1.82, 2.24) is 9.55 Å². The molecule has 0 spiro atoms. The molecule has 1 aromatic rings. The highest BCUT2D eigenvalue weighted by molar-refractivity contribution is 4.89. The van der Waals surface area contributed by atoms with Crippen LogP contribution in [0.5, 0.6) is 0 Å². The predicted molar refractivity (Wildman–Crippen MR) is 57.7 cm³/mol. The number of aromatic nitrogens is 2. The summed E-state index contributed by atoms with van der Waals surface area (Å²) in [7, 11) is 1.51. The third-order valence-corrected chi connectivity index (χ3v) is 2.78. The van der Waals surface area contributed by atoms with E-state index in [0.29, 0.717) is 6.42 Å². The van der Waals surface area contributed by atoms with E-state index in [2.05, 4.69) is 4.98 Å². The highest BCUT2D eigenvalue weighted by atomic mass is 16.6. The number of ether oxygens (including phenoxy) is 2. The molecule has 0 radical (unpaired) electrons. The Morgan fingerprint density at radius 1 is 1.65 bits per heavy atom. The van der Waals surface area contributed by atoms with Crippen molar-refractivity contribution in [3.05, 3.63) is 33.1 Å². The van der Waals surface area contributed by atoms with Gasteiger partial charge in [-0.05, 0) is 0 Å². The van der Waals surface area contributed by atoms with Crippen molar-refractivity contribution in [2.24, 2.45) is 0 Å². The molecule has 7 heteroatoms. The van der Waals surface area contributed by atoms with Gasteiger partial charge in [-0.3, -0.25) is 14.3 Å². The first kappa shape index (κ1) is 12.0. The normalized spacial score (nSPS) is 28.5. The van der Waals surface area contributed by atoms with Gasteiger partial charge in [-0.1, -0.05) is 0 Å². The first-order valence-electron chi connectivity index (χ1n) is 5.26. The van der Waals surface area contributed by atoms with Gasteiger partial charge in [-0.25, -0.2) is 4.79 Å². The molecule has 0 bridgehead atoms. The molecule has 3 atom stereocenters. The summed E-state index contributed by atoms with van der Waals surface area (Å²) in [6.07, 6.45) is 0.557. The molecule has 0 aromatic carbocycles. The molecule has 1 aromatic heterocycles. The van der Waals surface area contributed by atoms with E-state index in [1.54, 1.807) is 0 Å². The fraction of sp³-hybridized carbons (Fsp3) is 0.600. The first-order chi connectivity index (χ1) is 8.15. The molecule has 7 nitrogen and oxygen atoms in total. The van der Waals surface area contributed by atoms with E-state index in [0.717, 1.165) is 0 Å². The maximum atomic E-state index is 11.6. The van der Waals surface area contributed by atoms with Crippen molar-refractivity contribution in [3.8, 4) is 0 Å². The zero-order chi connectivity index (χ0) is 12.4. The Hall–Kier alpha value is -1.44. The number of H-pyrrole nitrogens is 1. The van der Waals surface area contributed by atoms with Crippen LogP contribution in [0.1, 0.15) is 12.6 Å². The first-order valence-corrected chi connectivity index (χ1v) is 5.26. The molecular weight excluding hydrogens is 228 g/mol. The van der Waals surface area contributed by atoms with Crippen molar-refractivity contribution >= 4 is 0 Å². The van der Waals surface area contributed by atoms with E-state index < -0.39 is 17.5 Å². The van der Waals surface area contributed by atoms with Crippen LogP contribution in [0.15, 0.2) is 21.9 Å². The van der Waals surface area contributed by atoms with Crippen molar-refractivity contribution < 1.29 is 14.6 Å². The summed E-state index contributed by atoms with van der Waals surface area (Å²) in [5.41, 5.74) is -1.01. The number of nitrogens with zero attached hydrogens (tertiary/aromatic N) is 1. The molecule has 0 aliphatic carbocycles. The van der Waals surface area contributed by atoms with Crippen LogP contribution in [0.4, 0.5) is 0 Å². The van der Waals surface area contributed by atoms with Crippen LogP contribution in [0.25, 0.3) is 0 Å². The van der Waals surface area contributed by atoms with E-state index in [9.17, 15) is 9.59 Å². The minimum absolute atomic E-state index is 0.130. The number of aliphatic hydroxyl groups excluding tert-OH is 1. The average Bonchev–Trinajstić information content (AvgIpc) is 2.72. The topological polar surface area (TPSA) is 93.5 Å². The maximum absolute atomic E-state index is 11.6. The number of nitrogens with one attached hydrogen (secondary N) is 1. The van der Waals surface area contributed by atoms with Crippen LogP contribution in [-0.2, 0) is 9.47 Å². The van der Waals surface area contributed by atoms with Gasteiger partial charge in [0.25, 0.3) is 5.56 Å². The quantitative estimate of drug-likeness (QED) is 0.696. The van der Waals surface area contributed by atoms with Gasteiger partial charge in [0.2, 0.25) is 0 Å². The van der Waals surface area contributed by atoms with Crippen LogP contribution in [0, 0.1) is 0 Å². The molecule has 0 amide bonds. The van der Waals surface area contributed by atoms with Crippen molar-refractivity contribution in [2.45, 2.75) is 24.9 Å². The van der Waals surface area contributed by atoms with E-state index in [-0.39, 0.29) is 18.8 Å². The summed E-state index contributed by atoms with van der Waals surface area (Å²) < 4.78 is 11.9. The Morgan fingerprint density at radius 2 is 2.41 bits per heavy atom. The lowest BCUT2D eigenvalue weighted by Gasteiger charge is -2.18. The second kappa shape index (κ2) is 4.82. The van der Waals surface area contributed by atoms with Gasteiger partial charge in [0.15, 0.2) is 6.23 Å². The fourth-order valence-corrected chi connectivity index (χ4v) is 1.92. The number of hydrogen-bond donors (Lipinski definition) is 2.